The topological polar surface area (TPSA) is 123 Å². The fourth-order valence-corrected chi connectivity index (χ4v) is 3.90. The minimum atomic E-state index is -0.488. The highest BCUT2D eigenvalue weighted by Crippen LogP contribution is 2.41. The van der Waals surface area contributed by atoms with Crippen LogP contribution in [0.4, 0.5) is 5.69 Å². The summed E-state index contributed by atoms with van der Waals surface area (Å²) in [4.78, 5) is 22.4. The van der Waals surface area contributed by atoms with E-state index in [1.54, 1.807) is 12.1 Å². The van der Waals surface area contributed by atoms with Crippen molar-refractivity contribution in [2.24, 2.45) is 27.2 Å². The summed E-state index contributed by atoms with van der Waals surface area (Å²) in [6.07, 6.45) is 5.07. The number of benzene rings is 1. The third-order valence-corrected chi connectivity index (χ3v) is 4.85. The highest BCUT2D eigenvalue weighted by Gasteiger charge is 2.43. The molecule has 7 heteroatoms. The number of hydrogen-bond donors (Lipinski definition) is 3. The first-order valence-electron chi connectivity index (χ1n) is 8.25. The number of hydrogen-bond acceptors (Lipinski definition) is 6. The molecule has 6 N–H and O–H groups in total. The molecule has 1 spiro atoms. The number of amides is 1. The number of primary amides is 1. The number of aliphatic imine (C=N–C) groups is 2. The van der Waals surface area contributed by atoms with Gasteiger partial charge in [-0.3, -0.25) is 9.69 Å². The van der Waals surface area contributed by atoms with E-state index in [2.05, 4.69) is 9.98 Å². The first kappa shape index (κ1) is 16.3. The van der Waals surface area contributed by atoms with Crippen LogP contribution in [0.25, 0.3) is 0 Å². The molecule has 24 heavy (non-hydrogen) atoms. The molecule has 1 heterocycles. The van der Waals surface area contributed by atoms with Crippen molar-refractivity contribution in [3.8, 4) is 0 Å². The van der Waals surface area contributed by atoms with Crippen molar-refractivity contribution < 1.29 is 4.79 Å². The zero-order chi connectivity index (χ0) is 17.5. The highest BCUT2D eigenvalue weighted by molar-refractivity contribution is 6.06. The summed E-state index contributed by atoms with van der Waals surface area (Å²) in [5, 5.41) is 0. The summed E-state index contributed by atoms with van der Waals surface area (Å²) >= 11 is 0. The molecule has 0 saturated heterocycles. The monoisotopic (exact) mass is 328 g/mol. The molecule has 1 aromatic carbocycles. The van der Waals surface area contributed by atoms with Gasteiger partial charge in [-0.15, -0.1) is 0 Å². The maximum Gasteiger partial charge on any atom is 0.248 e. The minimum Gasteiger partial charge on any atom is -0.369 e. The lowest BCUT2D eigenvalue weighted by atomic mass is 9.86. The molecular weight excluding hydrogens is 304 g/mol. The molecule has 7 nitrogen and oxygen atoms in total. The van der Waals surface area contributed by atoms with Crippen LogP contribution in [0.2, 0.25) is 0 Å². The van der Waals surface area contributed by atoms with E-state index in [0.29, 0.717) is 11.5 Å². The number of carbonyl (C=O) groups is 1. The fraction of sp³-hybridized carbons (Fsp3) is 0.471. The van der Waals surface area contributed by atoms with Gasteiger partial charge in [0.15, 0.2) is 0 Å². The zero-order valence-electron chi connectivity index (χ0n) is 14.2. The van der Waals surface area contributed by atoms with Crippen molar-refractivity contribution in [3.63, 3.8) is 0 Å². The third kappa shape index (κ3) is 2.60. The van der Waals surface area contributed by atoms with Crippen LogP contribution in [0.15, 0.2) is 22.1 Å². The van der Waals surface area contributed by atoms with Gasteiger partial charge in [-0.25, -0.2) is 4.99 Å². The van der Waals surface area contributed by atoms with Crippen molar-refractivity contribution in [1.82, 2.24) is 0 Å². The molecule has 1 amide bonds. The second-order valence-corrected chi connectivity index (χ2v) is 6.64. The lowest BCUT2D eigenvalue weighted by molar-refractivity contribution is 0.1000. The van der Waals surface area contributed by atoms with Crippen LogP contribution in [0, 0.1) is 13.8 Å². The minimum absolute atomic E-state index is 0.231. The SMILES string of the molecule is Cc1cc(C(N)=O)cc(C)c1N1C(N)=NC(N)=NC12CCCCC2. The predicted octanol–water partition coefficient (Wildman–Crippen LogP) is 1.51. The number of nitrogens with two attached hydrogens (primary N) is 3. The lowest BCUT2D eigenvalue weighted by Gasteiger charge is -2.46. The number of anilines is 1. The molecule has 0 atom stereocenters. The Morgan fingerprint density at radius 1 is 1.12 bits per heavy atom. The van der Waals surface area contributed by atoms with Gasteiger partial charge >= 0.3 is 0 Å². The summed E-state index contributed by atoms with van der Waals surface area (Å²) in [5.41, 5.74) is 20.4. The average molecular weight is 328 g/mol. The fourth-order valence-electron chi connectivity index (χ4n) is 3.90. The van der Waals surface area contributed by atoms with Gasteiger partial charge < -0.3 is 17.2 Å². The van der Waals surface area contributed by atoms with Gasteiger partial charge in [0.05, 0.1) is 5.69 Å². The van der Waals surface area contributed by atoms with Gasteiger partial charge in [0.25, 0.3) is 0 Å². The summed E-state index contributed by atoms with van der Waals surface area (Å²) in [6, 6.07) is 3.58. The van der Waals surface area contributed by atoms with E-state index in [4.69, 9.17) is 17.2 Å². The Bertz CT molecular complexity index is 722. The van der Waals surface area contributed by atoms with Crippen LogP contribution in [0.1, 0.15) is 53.6 Å². The Morgan fingerprint density at radius 3 is 2.25 bits per heavy atom. The Balaban J connectivity index is 2.16. The Kier molecular flexibility index (Phi) is 3.95. The quantitative estimate of drug-likeness (QED) is 0.761. The number of rotatable bonds is 2. The molecule has 3 rings (SSSR count). The molecule has 0 bridgehead atoms. The van der Waals surface area contributed by atoms with Gasteiger partial charge in [0, 0.05) is 5.56 Å². The van der Waals surface area contributed by atoms with Gasteiger partial charge in [0.2, 0.25) is 17.8 Å². The molecule has 0 aromatic heterocycles. The van der Waals surface area contributed by atoms with Crippen molar-refractivity contribution in [2.75, 3.05) is 4.90 Å². The normalized spacial score (nSPS) is 19.8. The molecule has 2 aliphatic rings. The van der Waals surface area contributed by atoms with Crippen molar-refractivity contribution in [3.05, 3.63) is 28.8 Å². The molecule has 0 radical (unpaired) electrons. The van der Waals surface area contributed by atoms with E-state index in [9.17, 15) is 4.79 Å². The summed E-state index contributed by atoms with van der Waals surface area (Å²) in [5.74, 6) is 0.139. The van der Waals surface area contributed by atoms with E-state index in [1.807, 2.05) is 18.7 Å². The van der Waals surface area contributed by atoms with Gasteiger partial charge in [-0.1, -0.05) is 6.42 Å². The number of carbonyl (C=O) groups excluding carboxylic acids is 1. The Morgan fingerprint density at radius 2 is 1.71 bits per heavy atom. The van der Waals surface area contributed by atoms with E-state index >= 15 is 0 Å². The van der Waals surface area contributed by atoms with Crippen LogP contribution in [0.3, 0.4) is 0 Å². The third-order valence-electron chi connectivity index (χ3n) is 4.85. The number of nitrogens with zero attached hydrogens (tertiary/aromatic N) is 3. The smallest absolute Gasteiger partial charge is 0.248 e. The highest BCUT2D eigenvalue weighted by atomic mass is 16.1. The molecule has 1 aliphatic heterocycles. The maximum atomic E-state index is 11.5. The molecule has 1 saturated carbocycles. The molecule has 1 aliphatic carbocycles. The van der Waals surface area contributed by atoms with Crippen LogP contribution in [0.5, 0.6) is 0 Å². The van der Waals surface area contributed by atoms with Gasteiger partial charge in [-0.05, 0) is 62.8 Å². The van der Waals surface area contributed by atoms with Gasteiger partial charge in [-0.2, -0.15) is 4.99 Å². The Hall–Kier alpha value is -2.57. The van der Waals surface area contributed by atoms with E-state index in [-0.39, 0.29) is 5.96 Å². The second-order valence-electron chi connectivity index (χ2n) is 6.64. The second kappa shape index (κ2) is 5.81. The number of aryl methyl sites for hydroxylation is 2. The summed E-state index contributed by atoms with van der Waals surface area (Å²) in [7, 11) is 0. The first-order chi connectivity index (χ1) is 11.3. The standard InChI is InChI=1S/C17H24N6O/c1-10-8-12(14(18)24)9-11(2)13(10)23-16(20)21-15(19)22-17(23)6-4-3-5-7-17/h8-9H,3-7H2,1-2H3,(H2,18,24)(H4,19,20,21,22). The Labute approximate surface area is 141 Å². The molecule has 1 aromatic rings. The molecule has 128 valence electrons. The van der Waals surface area contributed by atoms with Crippen LogP contribution >= 0.6 is 0 Å². The lowest BCUT2D eigenvalue weighted by Crippen LogP contribution is -2.58. The van der Waals surface area contributed by atoms with Crippen molar-refractivity contribution in [2.45, 2.75) is 51.6 Å². The molecular formula is C17H24N6O. The van der Waals surface area contributed by atoms with E-state index in [1.165, 1.54) is 6.42 Å². The van der Waals surface area contributed by atoms with Crippen LogP contribution < -0.4 is 22.1 Å². The van der Waals surface area contributed by atoms with Crippen molar-refractivity contribution in [1.29, 1.82) is 0 Å². The largest absolute Gasteiger partial charge is 0.369 e. The summed E-state index contributed by atoms with van der Waals surface area (Å²) in [6.45, 7) is 3.89. The summed E-state index contributed by atoms with van der Waals surface area (Å²) < 4.78 is 0. The maximum absolute atomic E-state index is 11.5. The predicted molar refractivity (Wildman–Crippen MR) is 96.0 cm³/mol. The number of guanidine groups is 2. The zero-order valence-corrected chi connectivity index (χ0v) is 14.2. The average Bonchev–Trinajstić information content (AvgIpc) is 2.49. The van der Waals surface area contributed by atoms with E-state index < -0.39 is 11.6 Å². The van der Waals surface area contributed by atoms with Crippen LogP contribution in [-0.4, -0.2) is 23.5 Å². The van der Waals surface area contributed by atoms with Crippen molar-refractivity contribution >= 4 is 23.5 Å². The van der Waals surface area contributed by atoms with Gasteiger partial charge in [0.1, 0.15) is 5.66 Å². The van der Waals surface area contributed by atoms with Crippen LogP contribution in [-0.2, 0) is 0 Å². The molecule has 1 fully saturated rings. The first-order valence-corrected chi connectivity index (χ1v) is 8.25. The molecule has 0 unspecified atom stereocenters. The van der Waals surface area contributed by atoms with E-state index in [0.717, 1.165) is 42.5 Å².